The smallest absolute Gasteiger partial charge is 0.223 e. The molecule has 2 atom stereocenters. The van der Waals surface area contributed by atoms with Gasteiger partial charge in [0.05, 0.1) is 6.04 Å². The molecule has 100 valence electrons. The monoisotopic (exact) mass is 257 g/mol. The minimum absolute atomic E-state index is 0.0863. The molecule has 0 unspecified atom stereocenters. The topological polar surface area (TPSA) is 37.4 Å². The molecule has 1 amide bonds. The molecule has 1 heterocycles. The summed E-state index contributed by atoms with van der Waals surface area (Å²) in [4.78, 5) is 24.6. The number of rotatable bonds is 5. The number of nitrogens with zero attached hydrogens (tertiary/aromatic N) is 1. The van der Waals surface area contributed by atoms with Crippen molar-refractivity contribution < 1.29 is 9.59 Å². The standard InChI is InChI=1S/C16H19NO2/c1-12(11-18)8-14-9-16(19)17(10-14)13(2)15-6-4-3-5-7-15/h3-7,11,13-14H,1,8-10H2,2H3/t13-,14+/m1/s1. The third kappa shape index (κ3) is 3.11. The van der Waals surface area contributed by atoms with Gasteiger partial charge in [-0.1, -0.05) is 36.9 Å². The highest BCUT2D eigenvalue weighted by Gasteiger charge is 2.33. The van der Waals surface area contributed by atoms with Crippen LogP contribution in [0.15, 0.2) is 42.5 Å². The first kappa shape index (κ1) is 13.5. The van der Waals surface area contributed by atoms with E-state index in [-0.39, 0.29) is 17.9 Å². The molecule has 3 heteroatoms. The Kier molecular flexibility index (Phi) is 4.15. The van der Waals surface area contributed by atoms with Crippen molar-refractivity contribution in [2.45, 2.75) is 25.8 Å². The number of hydrogen-bond donors (Lipinski definition) is 0. The van der Waals surface area contributed by atoms with E-state index in [0.29, 0.717) is 25.0 Å². The van der Waals surface area contributed by atoms with Crippen LogP contribution in [0, 0.1) is 5.92 Å². The molecule has 0 N–H and O–H groups in total. The van der Waals surface area contributed by atoms with Crippen molar-refractivity contribution in [3.05, 3.63) is 48.0 Å². The van der Waals surface area contributed by atoms with Crippen LogP contribution in [0.4, 0.5) is 0 Å². The van der Waals surface area contributed by atoms with Crippen molar-refractivity contribution in [3.63, 3.8) is 0 Å². The first-order chi connectivity index (χ1) is 9.11. The van der Waals surface area contributed by atoms with Gasteiger partial charge in [-0.3, -0.25) is 9.59 Å². The van der Waals surface area contributed by atoms with E-state index in [1.54, 1.807) is 0 Å². The number of amides is 1. The Balaban J connectivity index is 2.04. The van der Waals surface area contributed by atoms with Gasteiger partial charge in [-0.2, -0.15) is 0 Å². The van der Waals surface area contributed by atoms with Crippen molar-refractivity contribution in [3.8, 4) is 0 Å². The van der Waals surface area contributed by atoms with Crippen molar-refractivity contribution >= 4 is 12.2 Å². The van der Waals surface area contributed by atoms with Gasteiger partial charge in [0.25, 0.3) is 0 Å². The van der Waals surface area contributed by atoms with Gasteiger partial charge in [-0.05, 0) is 30.4 Å². The zero-order valence-electron chi connectivity index (χ0n) is 11.2. The fraction of sp³-hybridized carbons (Fsp3) is 0.375. The van der Waals surface area contributed by atoms with Crippen LogP contribution in [0.2, 0.25) is 0 Å². The average Bonchev–Trinajstić information content (AvgIpc) is 2.79. The molecule has 1 aromatic rings. The van der Waals surface area contributed by atoms with Crippen molar-refractivity contribution in [1.29, 1.82) is 0 Å². The minimum Gasteiger partial charge on any atom is -0.336 e. The second kappa shape index (κ2) is 5.83. The van der Waals surface area contributed by atoms with Crippen LogP contribution in [-0.2, 0) is 9.59 Å². The molecule has 3 nitrogen and oxygen atoms in total. The zero-order valence-corrected chi connectivity index (χ0v) is 11.2. The maximum Gasteiger partial charge on any atom is 0.223 e. The van der Waals surface area contributed by atoms with Gasteiger partial charge in [0, 0.05) is 13.0 Å². The summed E-state index contributed by atoms with van der Waals surface area (Å²) >= 11 is 0. The Hall–Kier alpha value is -1.90. The quantitative estimate of drug-likeness (QED) is 0.601. The zero-order chi connectivity index (χ0) is 13.8. The third-order valence-corrected chi connectivity index (χ3v) is 3.71. The van der Waals surface area contributed by atoms with Gasteiger partial charge in [0.2, 0.25) is 5.91 Å². The lowest BCUT2D eigenvalue weighted by Crippen LogP contribution is -2.28. The molecule has 0 saturated carbocycles. The number of hydrogen-bond acceptors (Lipinski definition) is 2. The first-order valence-corrected chi connectivity index (χ1v) is 6.59. The normalized spacial score (nSPS) is 20.4. The summed E-state index contributed by atoms with van der Waals surface area (Å²) in [5.74, 6) is 0.386. The van der Waals surface area contributed by atoms with E-state index in [9.17, 15) is 9.59 Å². The molecule has 1 saturated heterocycles. The largest absolute Gasteiger partial charge is 0.336 e. The SMILES string of the molecule is C=C(C=O)C[C@H]1CC(=O)N([C@H](C)c2ccccc2)C1. The molecule has 0 spiro atoms. The summed E-state index contributed by atoms with van der Waals surface area (Å²) in [6.07, 6.45) is 1.92. The van der Waals surface area contributed by atoms with E-state index in [1.165, 1.54) is 0 Å². The molecular weight excluding hydrogens is 238 g/mol. The maximum atomic E-state index is 12.1. The highest BCUT2D eigenvalue weighted by Crippen LogP contribution is 2.30. The van der Waals surface area contributed by atoms with Crippen molar-refractivity contribution in [2.24, 2.45) is 5.92 Å². The number of carbonyl (C=O) groups is 2. The van der Waals surface area contributed by atoms with Gasteiger partial charge in [0.15, 0.2) is 0 Å². The highest BCUT2D eigenvalue weighted by atomic mass is 16.2. The van der Waals surface area contributed by atoms with E-state index in [2.05, 4.69) is 6.58 Å². The molecule has 19 heavy (non-hydrogen) atoms. The molecule has 0 aliphatic carbocycles. The molecule has 1 fully saturated rings. The van der Waals surface area contributed by atoms with E-state index in [1.807, 2.05) is 42.2 Å². The van der Waals surface area contributed by atoms with Gasteiger partial charge in [0.1, 0.15) is 6.29 Å². The van der Waals surface area contributed by atoms with Gasteiger partial charge in [-0.25, -0.2) is 0 Å². The van der Waals surface area contributed by atoms with Crippen LogP contribution < -0.4 is 0 Å². The number of aldehydes is 1. The molecule has 1 aliphatic heterocycles. The lowest BCUT2D eigenvalue weighted by molar-refractivity contribution is -0.129. The Bertz CT molecular complexity index is 481. The van der Waals surface area contributed by atoms with Gasteiger partial charge in [-0.15, -0.1) is 0 Å². The molecule has 0 bridgehead atoms. The predicted molar refractivity (Wildman–Crippen MR) is 74.5 cm³/mol. The van der Waals surface area contributed by atoms with Crippen LogP contribution in [0.25, 0.3) is 0 Å². The summed E-state index contributed by atoms with van der Waals surface area (Å²) in [6.45, 7) is 6.45. The number of benzene rings is 1. The van der Waals surface area contributed by atoms with E-state index >= 15 is 0 Å². The van der Waals surface area contributed by atoms with Crippen LogP contribution in [0.5, 0.6) is 0 Å². The number of carbonyl (C=O) groups excluding carboxylic acids is 2. The molecule has 0 radical (unpaired) electrons. The Morgan fingerprint density at radius 2 is 2.16 bits per heavy atom. The van der Waals surface area contributed by atoms with E-state index in [4.69, 9.17) is 0 Å². The third-order valence-electron chi connectivity index (χ3n) is 3.71. The van der Waals surface area contributed by atoms with Crippen LogP contribution in [0.1, 0.15) is 31.4 Å². The lowest BCUT2D eigenvalue weighted by Gasteiger charge is -2.25. The molecule has 1 aliphatic rings. The van der Waals surface area contributed by atoms with Gasteiger partial charge < -0.3 is 4.90 Å². The van der Waals surface area contributed by atoms with Crippen LogP contribution in [0.3, 0.4) is 0 Å². The summed E-state index contributed by atoms with van der Waals surface area (Å²) < 4.78 is 0. The highest BCUT2D eigenvalue weighted by molar-refractivity contribution is 5.80. The lowest BCUT2D eigenvalue weighted by atomic mass is 10.0. The van der Waals surface area contributed by atoms with Crippen molar-refractivity contribution in [1.82, 2.24) is 4.90 Å². The number of allylic oxidation sites excluding steroid dienone is 1. The molecule has 1 aromatic carbocycles. The fourth-order valence-electron chi connectivity index (χ4n) is 2.65. The summed E-state index contributed by atoms with van der Waals surface area (Å²) in [6, 6.07) is 10.1. The Morgan fingerprint density at radius 3 is 2.79 bits per heavy atom. The van der Waals surface area contributed by atoms with Crippen LogP contribution in [-0.4, -0.2) is 23.6 Å². The Morgan fingerprint density at radius 1 is 1.47 bits per heavy atom. The molecule has 2 rings (SSSR count). The van der Waals surface area contributed by atoms with Crippen LogP contribution >= 0.6 is 0 Å². The minimum atomic E-state index is 0.0863. The number of likely N-dealkylation sites (tertiary alicyclic amines) is 1. The predicted octanol–water partition coefficient (Wildman–Crippen LogP) is 2.74. The Labute approximate surface area is 113 Å². The van der Waals surface area contributed by atoms with E-state index in [0.717, 1.165) is 11.8 Å². The first-order valence-electron chi connectivity index (χ1n) is 6.59. The average molecular weight is 257 g/mol. The molecule has 0 aromatic heterocycles. The summed E-state index contributed by atoms with van der Waals surface area (Å²) in [5, 5.41) is 0. The summed E-state index contributed by atoms with van der Waals surface area (Å²) in [5.41, 5.74) is 1.72. The second-order valence-electron chi connectivity index (χ2n) is 5.18. The summed E-state index contributed by atoms with van der Waals surface area (Å²) in [7, 11) is 0. The van der Waals surface area contributed by atoms with Crippen molar-refractivity contribution in [2.75, 3.05) is 6.54 Å². The maximum absolute atomic E-state index is 12.1. The molecular formula is C16H19NO2. The van der Waals surface area contributed by atoms with E-state index < -0.39 is 0 Å². The second-order valence-corrected chi connectivity index (χ2v) is 5.18. The fourth-order valence-corrected chi connectivity index (χ4v) is 2.65. The van der Waals surface area contributed by atoms with Gasteiger partial charge >= 0.3 is 0 Å².